The molecule has 9 heteroatoms. The van der Waals surface area contributed by atoms with Crippen LogP contribution in [0.15, 0.2) is 6.20 Å². The van der Waals surface area contributed by atoms with Gasteiger partial charge in [0.2, 0.25) is 5.88 Å². The van der Waals surface area contributed by atoms with Crippen LogP contribution in [0.2, 0.25) is 0 Å². The van der Waals surface area contributed by atoms with Gasteiger partial charge in [0.1, 0.15) is 9.32 Å². The summed E-state index contributed by atoms with van der Waals surface area (Å²) in [6, 6.07) is 0. The van der Waals surface area contributed by atoms with E-state index < -0.39 is 24.2 Å². The van der Waals surface area contributed by atoms with E-state index >= 15 is 0 Å². The molecule has 1 heterocycles. The van der Waals surface area contributed by atoms with Crippen LogP contribution in [-0.2, 0) is 0 Å². The van der Waals surface area contributed by atoms with Crippen molar-refractivity contribution in [3.63, 3.8) is 0 Å². The van der Waals surface area contributed by atoms with Crippen molar-refractivity contribution in [2.75, 3.05) is 7.11 Å². The maximum Gasteiger partial charge on any atom is 0.574 e. The molecular formula is C8H5F5INO2. The monoisotopic (exact) mass is 369 g/mol. The van der Waals surface area contributed by atoms with Crippen molar-refractivity contribution in [1.29, 1.82) is 0 Å². The number of nitrogens with zero attached hydrogens (tertiary/aromatic N) is 1. The number of halogens is 6. The number of rotatable bonds is 3. The summed E-state index contributed by atoms with van der Waals surface area (Å²) in [5, 5.41) is 0. The first-order chi connectivity index (χ1) is 7.76. The molecule has 0 amide bonds. The molecule has 0 saturated heterocycles. The third-order valence-corrected chi connectivity index (χ3v) is 2.57. The van der Waals surface area contributed by atoms with Crippen LogP contribution in [0.1, 0.15) is 12.0 Å². The van der Waals surface area contributed by atoms with E-state index in [-0.39, 0.29) is 9.32 Å². The lowest BCUT2D eigenvalue weighted by atomic mass is 10.2. The predicted molar refractivity (Wildman–Crippen MR) is 55.1 cm³/mol. The molecule has 0 unspecified atom stereocenters. The van der Waals surface area contributed by atoms with Gasteiger partial charge in [0, 0.05) is 6.20 Å². The molecular weight excluding hydrogens is 364 g/mol. The minimum atomic E-state index is -4.94. The quantitative estimate of drug-likeness (QED) is 0.604. The van der Waals surface area contributed by atoms with E-state index in [1.165, 1.54) is 22.6 Å². The molecule has 0 atom stereocenters. The number of hydrogen-bond acceptors (Lipinski definition) is 3. The molecule has 3 nitrogen and oxygen atoms in total. The highest BCUT2D eigenvalue weighted by Crippen LogP contribution is 2.38. The minimum absolute atomic E-state index is 0.264. The van der Waals surface area contributed by atoms with Crippen LogP contribution in [0.5, 0.6) is 11.6 Å². The Morgan fingerprint density at radius 1 is 1.35 bits per heavy atom. The van der Waals surface area contributed by atoms with Gasteiger partial charge in [0.25, 0.3) is 6.43 Å². The van der Waals surface area contributed by atoms with E-state index in [4.69, 9.17) is 0 Å². The maximum absolute atomic E-state index is 12.5. The van der Waals surface area contributed by atoms with Crippen molar-refractivity contribution in [3.8, 4) is 11.6 Å². The fourth-order valence-electron chi connectivity index (χ4n) is 1.01. The molecule has 1 aromatic rings. The number of pyridine rings is 1. The van der Waals surface area contributed by atoms with Gasteiger partial charge < -0.3 is 9.47 Å². The number of ether oxygens (including phenoxy) is 2. The Kier molecular flexibility index (Phi) is 4.33. The van der Waals surface area contributed by atoms with Gasteiger partial charge in [-0.25, -0.2) is 13.8 Å². The second kappa shape index (κ2) is 5.19. The summed E-state index contributed by atoms with van der Waals surface area (Å²) in [5.74, 6) is -1.20. The average molecular weight is 369 g/mol. The van der Waals surface area contributed by atoms with Crippen LogP contribution < -0.4 is 9.47 Å². The Balaban J connectivity index is 3.20. The van der Waals surface area contributed by atoms with Gasteiger partial charge in [-0.2, -0.15) is 0 Å². The summed E-state index contributed by atoms with van der Waals surface area (Å²) in [6.45, 7) is 0. The zero-order chi connectivity index (χ0) is 13.2. The van der Waals surface area contributed by atoms with Crippen molar-refractivity contribution in [1.82, 2.24) is 4.98 Å². The molecule has 0 fully saturated rings. The summed E-state index contributed by atoms with van der Waals surface area (Å²) in [5.41, 5.74) is -0.591. The Bertz CT molecular complexity index is 410. The number of aromatic nitrogens is 1. The topological polar surface area (TPSA) is 31.4 Å². The molecule has 1 rings (SSSR count). The summed E-state index contributed by atoms with van der Waals surface area (Å²) in [4.78, 5) is 3.18. The highest BCUT2D eigenvalue weighted by atomic mass is 127. The first kappa shape index (κ1) is 14.2. The summed E-state index contributed by atoms with van der Waals surface area (Å²) >= 11 is 1.39. The lowest BCUT2D eigenvalue weighted by Crippen LogP contribution is -2.19. The Hall–Kier alpha value is -0.870. The van der Waals surface area contributed by atoms with Crippen LogP contribution in [-0.4, -0.2) is 18.5 Å². The molecule has 1 aromatic heterocycles. The molecule has 0 aliphatic heterocycles. The van der Waals surface area contributed by atoms with Crippen molar-refractivity contribution in [2.24, 2.45) is 0 Å². The fourth-order valence-corrected chi connectivity index (χ4v) is 1.79. The van der Waals surface area contributed by atoms with Crippen molar-refractivity contribution in [2.45, 2.75) is 12.8 Å². The lowest BCUT2D eigenvalue weighted by molar-refractivity contribution is -0.276. The Morgan fingerprint density at radius 2 is 1.94 bits per heavy atom. The SMILES string of the molecule is COc1c(C(F)F)cnc(OC(F)(F)F)c1I. The summed E-state index contributed by atoms with van der Waals surface area (Å²) in [7, 11) is 1.07. The lowest BCUT2D eigenvalue weighted by Gasteiger charge is -2.14. The normalized spacial score (nSPS) is 11.8. The molecule has 0 spiro atoms. The highest BCUT2D eigenvalue weighted by Gasteiger charge is 2.34. The predicted octanol–water partition coefficient (Wildman–Crippen LogP) is 3.53. The smallest absolute Gasteiger partial charge is 0.495 e. The van der Waals surface area contributed by atoms with Gasteiger partial charge in [-0.15, -0.1) is 13.2 Å². The molecule has 0 aromatic carbocycles. The molecule has 96 valence electrons. The van der Waals surface area contributed by atoms with Gasteiger partial charge in [0.05, 0.1) is 12.7 Å². The molecule has 0 saturated carbocycles. The molecule has 0 aliphatic carbocycles. The van der Waals surface area contributed by atoms with Crippen LogP contribution in [0.25, 0.3) is 0 Å². The molecule has 0 N–H and O–H groups in total. The van der Waals surface area contributed by atoms with E-state index in [1.807, 2.05) is 0 Å². The number of alkyl halides is 5. The summed E-state index contributed by atoms with van der Waals surface area (Å²) in [6.07, 6.45) is -7.25. The van der Waals surface area contributed by atoms with Crippen molar-refractivity contribution in [3.05, 3.63) is 15.3 Å². The first-order valence-electron chi connectivity index (χ1n) is 4.02. The second-order valence-corrected chi connectivity index (χ2v) is 3.79. The second-order valence-electron chi connectivity index (χ2n) is 2.71. The minimum Gasteiger partial charge on any atom is -0.495 e. The van der Waals surface area contributed by atoms with Gasteiger partial charge in [-0.1, -0.05) is 0 Å². The van der Waals surface area contributed by atoms with Crippen LogP contribution in [0, 0.1) is 3.57 Å². The van der Waals surface area contributed by atoms with Gasteiger partial charge >= 0.3 is 6.36 Å². The van der Waals surface area contributed by atoms with Gasteiger partial charge in [0.15, 0.2) is 0 Å². The van der Waals surface area contributed by atoms with Gasteiger partial charge in [-0.3, -0.25) is 0 Å². The van der Waals surface area contributed by atoms with Crippen LogP contribution in [0.3, 0.4) is 0 Å². The van der Waals surface area contributed by atoms with Crippen molar-refractivity contribution >= 4 is 22.6 Å². The zero-order valence-corrected chi connectivity index (χ0v) is 10.3. The van der Waals surface area contributed by atoms with E-state index in [0.717, 1.165) is 7.11 Å². The van der Waals surface area contributed by atoms with Crippen molar-refractivity contribution < 1.29 is 31.4 Å². The number of methoxy groups -OCH3 is 1. The third-order valence-electron chi connectivity index (χ3n) is 1.62. The van der Waals surface area contributed by atoms with Crippen LogP contribution in [0.4, 0.5) is 22.0 Å². The third kappa shape index (κ3) is 3.54. The Morgan fingerprint density at radius 3 is 2.35 bits per heavy atom. The van der Waals surface area contributed by atoms with E-state index in [9.17, 15) is 22.0 Å². The van der Waals surface area contributed by atoms with Gasteiger partial charge in [-0.05, 0) is 22.6 Å². The molecule has 17 heavy (non-hydrogen) atoms. The van der Waals surface area contributed by atoms with E-state index in [1.54, 1.807) is 0 Å². The van der Waals surface area contributed by atoms with E-state index in [2.05, 4.69) is 14.5 Å². The Labute approximate surface area is 106 Å². The molecule has 0 aliphatic rings. The maximum atomic E-state index is 12.5. The standard InChI is InChI=1S/C8H5F5INO2/c1-16-5-3(6(9)10)2-15-7(4(5)14)17-8(11,12)13/h2,6H,1H3. The molecule has 0 bridgehead atoms. The largest absolute Gasteiger partial charge is 0.574 e. The fraction of sp³-hybridized carbons (Fsp3) is 0.375. The number of hydrogen-bond donors (Lipinski definition) is 0. The molecule has 0 radical (unpaired) electrons. The highest BCUT2D eigenvalue weighted by molar-refractivity contribution is 14.1. The first-order valence-corrected chi connectivity index (χ1v) is 5.10. The van der Waals surface area contributed by atoms with Crippen LogP contribution >= 0.6 is 22.6 Å². The van der Waals surface area contributed by atoms with E-state index in [0.29, 0.717) is 6.20 Å². The zero-order valence-electron chi connectivity index (χ0n) is 8.19. The summed E-state index contributed by atoms with van der Waals surface area (Å²) < 4.78 is 68.8. The average Bonchev–Trinajstić information content (AvgIpc) is 2.18.